The number of hydrogen-bond donors (Lipinski definition) is 6. The molecule has 3 amide bonds. The van der Waals surface area contributed by atoms with Gasteiger partial charge in [-0.1, -0.05) is 32.9 Å². The molecule has 0 radical (unpaired) electrons. The molecule has 40 heavy (non-hydrogen) atoms. The molecule has 2 aromatic rings. The molecular formula is C28H39N5O6S. The monoisotopic (exact) mass is 573 g/mol. The van der Waals surface area contributed by atoms with E-state index in [4.69, 9.17) is 0 Å². The lowest BCUT2D eigenvalue weighted by molar-refractivity contribution is -0.142. The fourth-order valence-corrected chi connectivity index (χ4v) is 4.97. The number of thiazole rings is 1. The van der Waals surface area contributed by atoms with Crippen LogP contribution in [0.1, 0.15) is 57.7 Å². The number of phenols is 1. The van der Waals surface area contributed by atoms with Crippen LogP contribution >= 0.6 is 11.3 Å². The van der Waals surface area contributed by atoms with Gasteiger partial charge < -0.3 is 31.5 Å². The van der Waals surface area contributed by atoms with Gasteiger partial charge in [0.2, 0.25) is 17.7 Å². The predicted octanol–water partition coefficient (Wildman–Crippen LogP) is 1.75. The fraction of sp³-hybridized carbons (Fsp3) is 0.536. The summed E-state index contributed by atoms with van der Waals surface area (Å²) in [6.45, 7) is 6.68. The number of carbonyl (C=O) groups excluding carboxylic acids is 3. The number of phenolic OH excluding ortho intramolecular Hbond substituents is 1. The molecule has 0 spiro atoms. The fourth-order valence-electron chi connectivity index (χ4n) is 4.39. The van der Waals surface area contributed by atoms with Crippen molar-refractivity contribution in [3.63, 3.8) is 0 Å². The molecule has 218 valence electrons. The molecule has 12 heteroatoms. The third-order valence-electron chi connectivity index (χ3n) is 6.71. The number of benzene rings is 1. The highest BCUT2D eigenvalue weighted by Crippen LogP contribution is 2.22. The quantitative estimate of drug-likeness (QED) is 0.211. The lowest BCUT2D eigenvalue weighted by Gasteiger charge is -2.26. The average molecular weight is 574 g/mol. The molecule has 0 aliphatic carbocycles. The Morgan fingerprint density at radius 3 is 2.23 bits per heavy atom. The number of amides is 3. The standard InChI is InChI=1S/C28H39N5O6S/c1-28(2,3)11-10-21(27(38)39)31-26(37)23(14-18-15-40-16-30-18)33-25(36)22(13-17-6-8-19(34)9-7-17)32-24(35)20-5-4-12-29-20/h6-9,15-16,20-23,29,34H,4-5,10-14H2,1-3H3,(H,31,37)(H,32,35)(H,33,36)(H,38,39)/t20-,21-,22-,23-/m0/s1. The molecule has 0 unspecified atom stereocenters. The minimum Gasteiger partial charge on any atom is -0.508 e. The first-order valence-corrected chi connectivity index (χ1v) is 14.4. The van der Waals surface area contributed by atoms with Gasteiger partial charge in [0, 0.05) is 18.2 Å². The van der Waals surface area contributed by atoms with Gasteiger partial charge in [0.25, 0.3) is 0 Å². The highest BCUT2D eigenvalue weighted by atomic mass is 32.1. The van der Waals surface area contributed by atoms with Crippen LogP contribution < -0.4 is 21.3 Å². The summed E-state index contributed by atoms with van der Waals surface area (Å²) in [5.74, 6) is -2.63. The van der Waals surface area contributed by atoms with Crippen molar-refractivity contribution in [1.29, 1.82) is 0 Å². The van der Waals surface area contributed by atoms with Gasteiger partial charge in [-0.25, -0.2) is 9.78 Å². The number of aliphatic carboxylic acids is 1. The van der Waals surface area contributed by atoms with Gasteiger partial charge in [-0.3, -0.25) is 14.4 Å². The molecule has 1 aliphatic heterocycles. The number of nitrogens with one attached hydrogen (secondary N) is 4. The van der Waals surface area contributed by atoms with E-state index in [2.05, 4.69) is 26.3 Å². The van der Waals surface area contributed by atoms with Gasteiger partial charge in [-0.15, -0.1) is 11.3 Å². The first kappa shape index (κ1) is 31.0. The molecule has 1 saturated heterocycles. The van der Waals surface area contributed by atoms with E-state index in [0.29, 0.717) is 30.6 Å². The lowest BCUT2D eigenvalue weighted by atomic mass is 9.88. The van der Waals surface area contributed by atoms with E-state index in [-0.39, 0.29) is 36.3 Å². The SMILES string of the molecule is CC(C)(C)CC[C@H](NC(=O)[C@H](Cc1cscn1)NC(=O)[C@H](Cc1ccc(O)cc1)NC(=O)[C@@H]1CCCN1)C(=O)O. The zero-order valence-electron chi connectivity index (χ0n) is 23.1. The number of aromatic hydroxyl groups is 1. The third kappa shape index (κ3) is 9.91. The van der Waals surface area contributed by atoms with E-state index in [9.17, 15) is 29.4 Å². The third-order valence-corrected chi connectivity index (χ3v) is 7.35. The molecule has 4 atom stereocenters. The Hall–Kier alpha value is -3.51. The minimum absolute atomic E-state index is 0.0523. The van der Waals surface area contributed by atoms with Crippen LogP contribution in [0.2, 0.25) is 0 Å². The van der Waals surface area contributed by atoms with Crippen molar-refractivity contribution < 1.29 is 29.4 Å². The molecule has 2 heterocycles. The molecule has 6 N–H and O–H groups in total. The maximum absolute atomic E-state index is 13.6. The summed E-state index contributed by atoms with van der Waals surface area (Å²) in [5, 5.41) is 32.4. The van der Waals surface area contributed by atoms with Crippen molar-refractivity contribution in [3.05, 3.63) is 46.4 Å². The lowest BCUT2D eigenvalue weighted by Crippen LogP contribution is -2.58. The summed E-state index contributed by atoms with van der Waals surface area (Å²) in [6, 6.07) is 2.63. The minimum atomic E-state index is -1.15. The summed E-state index contributed by atoms with van der Waals surface area (Å²) < 4.78 is 0. The van der Waals surface area contributed by atoms with Crippen LogP contribution in [0.15, 0.2) is 35.2 Å². The van der Waals surface area contributed by atoms with Crippen LogP contribution in [0.4, 0.5) is 0 Å². The molecule has 1 aromatic heterocycles. The molecular weight excluding hydrogens is 534 g/mol. The number of carboxylic acid groups (broad SMARTS) is 1. The van der Waals surface area contributed by atoms with E-state index in [1.165, 1.54) is 23.5 Å². The number of carbonyl (C=O) groups is 4. The van der Waals surface area contributed by atoms with E-state index >= 15 is 0 Å². The summed E-state index contributed by atoms with van der Waals surface area (Å²) in [5.41, 5.74) is 2.76. The first-order valence-electron chi connectivity index (χ1n) is 13.4. The van der Waals surface area contributed by atoms with Gasteiger partial charge >= 0.3 is 5.97 Å². The largest absolute Gasteiger partial charge is 0.508 e. The topological polar surface area (TPSA) is 170 Å². The Bertz CT molecular complexity index is 1140. The number of aromatic nitrogens is 1. The van der Waals surface area contributed by atoms with Crippen molar-refractivity contribution in [2.75, 3.05) is 6.54 Å². The van der Waals surface area contributed by atoms with Crippen LogP contribution in [-0.2, 0) is 32.0 Å². The van der Waals surface area contributed by atoms with Gasteiger partial charge in [0.1, 0.15) is 23.9 Å². The highest BCUT2D eigenvalue weighted by molar-refractivity contribution is 7.07. The van der Waals surface area contributed by atoms with Crippen molar-refractivity contribution in [1.82, 2.24) is 26.3 Å². The second-order valence-corrected chi connectivity index (χ2v) is 12.0. The zero-order valence-corrected chi connectivity index (χ0v) is 23.9. The smallest absolute Gasteiger partial charge is 0.326 e. The molecule has 3 rings (SSSR count). The van der Waals surface area contributed by atoms with Gasteiger partial charge in [-0.05, 0) is 55.3 Å². The highest BCUT2D eigenvalue weighted by Gasteiger charge is 2.32. The van der Waals surface area contributed by atoms with Crippen LogP contribution in [0, 0.1) is 5.41 Å². The number of carboxylic acids is 1. The Morgan fingerprint density at radius 1 is 1.02 bits per heavy atom. The molecule has 0 saturated carbocycles. The number of nitrogens with zero attached hydrogens (tertiary/aromatic N) is 1. The molecule has 0 bridgehead atoms. The van der Waals surface area contributed by atoms with Crippen molar-refractivity contribution in [2.24, 2.45) is 5.41 Å². The van der Waals surface area contributed by atoms with Gasteiger partial charge in [0.05, 0.1) is 17.2 Å². The summed E-state index contributed by atoms with van der Waals surface area (Å²) in [4.78, 5) is 56.0. The van der Waals surface area contributed by atoms with Crippen LogP contribution in [-0.4, -0.2) is 69.6 Å². The van der Waals surface area contributed by atoms with Gasteiger partial charge in [0.15, 0.2) is 0 Å². The normalized spacial score (nSPS) is 17.4. The predicted molar refractivity (Wildman–Crippen MR) is 151 cm³/mol. The maximum Gasteiger partial charge on any atom is 0.326 e. The first-order chi connectivity index (χ1) is 18.9. The number of rotatable bonds is 13. The summed E-state index contributed by atoms with van der Waals surface area (Å²) in [6.07, 6.45) is 2.48. The Labute approximate surface area is 238 Å². The summed E-state index contributed by atoms with van der Waals surface area (Å²) >= 11 is 1.34. The second kappa shape index (κ2) is 14.2. The molecule has 1 aliphatic rings. The average Bonchev–Trinajstić information content (AvgIpc) is 3.61. The Balaban J connectivity index is 1.79. The van der Waals surface area contributed by atoms with E-state index < -0.39 is 42.0 Å². The Kier molecular flexibility index (Phi) is 11.0. The van der Waals surface area contributed by atoms with Crippen molar-refractivity contribution in [3.8, 4) is 5.75 Å². The van der Waals surface area contributed by atoms with Gasteiger partial charge in [-0.2, -0.15) is 0 Å². The summed E-state index contributed by atoms with van der Waals surface area (Å²) in [7, 11) is 0. The van der Waals surface area contributed by atoms with E-state index in [1.807, 2.05) is 20.8 Å². The second-order valence-electron chi connectivity index (χ2n) is 11.3. The Morgan fingerprint density at radius 2 is 1.68 bits per heavy atom. The van der Waals surface area contributed by atoms with Crippen molar-refractivity contribution in [2.45, 2.75) is 83.5 Å². The number of hydrogen-bond acceptors (Lipinski definition) is 8. The van der Waals surface area contributed by atoms with Crippen LogP contribution in [0.5, 0.6) is 5.75 Å². The zero-order chi connectivity index (χ0) is 29.3. The molecule has 11 nitrogen and oxygen atoms in total. The van der Waals surface area contributed by atoms with Crippen LogP contribution in [0.3, 0.4) is 0 Å². The molecule has 1 fully saturated rings. The van der Waals surface area contributed by atoms with Crippen LogP contribution in [0.25, 0.3) is 0 Å². The van der Waals surface area contributed by atoms with Crippen molar-refractivity contribution >= 4 is 35.0 Å². The van der Waals surface area contributed by atoms with E-state index in [1.54, 1.807) is 23.0 Å². The van der Waals surface area contributed by atoms with E-state index in [0.717, 1.165) is 6.42 Å². The molecule has 1 aromatic carbocycles. The maximum atomic E-state index is 13.6.